The molecular formula is C16H22ClNO5. The van der Waals surface area contributed by atoms with Gasteiger partial charge in [-0.1, -0.05) is 25.4 Å². The van der Waals surface area contributed by atoms with Gasteiger partial charge in [-0.25, -0.2) is 9.59 Å². The van der Waals surface area contributed by atoms with Crippen molar-refractivity contribution in [3.8, 4) is 0 Å². The zero-order valence-electron chi connectivity index (χ0n) is 13.8. The summed E-state index contributed by atoms with van der Waals surface area (Å²) in [6, 6.07) is 4.62. The molecule has 1 aromatic rings. The first-order valence-corrected chi connectivity index (χ1v) is 7.43. The Morgan fingerprint density at radius 3 is 2.26 bits per heavy atom. The molecule has 1 amide bonds. The van der Waals surface area contributed by atoms with Crippen LogP contribution in [0.4, 0.5) is 10.5 Å². The number of aliphatic hydroxyl groups excluding tert-OH is 1. The number of rotatable bonds is 4. The van der Waals surface area contributed by atoms with Crippen molar-refractivity contribution < 1.29 is 24.5 Å². The van der Waals surface area contributed by atoms with Crippen molar-refractivity contribution in [2.75, 3.05) is 5.32 Å². The van der Waals surface area contributed by atoms with Crippen LogP contribution < -0.4 is 5.32 Å². The van der Waals surface area contributed by atoms with Crippen molar-refractivity contribution in [1.29, 1.82) is 0 Å². The van der Waals surface area contributed by atoms with Crippen molar-refractivity contribution in [1.82, 2.24) is 0 Å². The second kappa shape index (κ2) is 6.76. The maximum atomic E-state index is 11.8. The fourth-order valence-electron chi connectivity index (χ4n) is 1.97. The van der Waals surface area contributed by atoms with Crippen LogP contribution in [0.5, 0.6) is 0 Å². The number of halogens is 1. The molecule has 3 N–H and O–H groups in total. The zero-order chi connectivity index (χ0) is 18.0. The average Bonchev–Trinajstić information content (AvgIpc) is 2.37. The van der Waals surface area contributed by atoms with Crippen molar-refractivity contribution in [2.24, 2.45) is 0 Å². The molecule has 0 saturated heterocycles. The van der Waals surface area contributed by atoms with E-state index in [0.29, 0.717) is 16.3 Å². The lowest BCUT2D eigenvalue weighted by Crippen LogP contribution is -2.40. The van der Waals surface area contributed by atoms with Gasteiger partial charge in [-0.3, -0.25) is 5.32 Å². The Labute approximate surface area is 140 Å². The summed E-state index contributed by atoms with van der Waals surface area (Å²) in [4.78, 5) is 22.9. The summed E-state index contributed by atoms with van der Waals surface area (Å²) in [5, 5.41) is 21.8. The van der Waals surface area contributed by atoms with E-state index >= 15 is 0 Å². The number of aliphatic hydroxyl groups is 1. The van der Waals surface area contributed by atoms with Gasteiger partial charge in [0.05, 0.1) is 0 Å². The maximum absolute atomic E-state index is 11.8. The average molecular weight is 344 g/mol. The van der Waals surface area contributed by atoms with E-state index in [1.165, 1.54) is 12.1 Å². The summed E-state index contributed by atoms with van der Waals surface area (Å²) in [6.45, 7) is 8.35. The lowest BCUT2D eigenvalue weighted by Gasteiger charge is -2.29. The third-order valence-electron chi connectivity index (χ3n) is 3.22. The molecule has 0 aromatic heterocycles. The number of ether oxygens (including phenoxy) is 1. The predicted molar refractivity (Wildman–Crippen MR) is 88.0 cm³/mol. The summed E-state index contributed by atoms with van der Waals surface area (Å²) >= 11 is 6.12. The molecule has 1 aromatic carbocycles. The van der Waals surface area contributed by atoms with Gasteiger partial charge in [0.2, 0.25) is 0 Å². The van der Waals surface area contributed by atoms with Gasteiger partial charge < -0.3 is 14.9 Å². The highest BCUT2D eigenvalue weighted by Crippen LogP contribution is 2.35. The molecule has 1 unspecified atom stereocenters. The topological polar surface area (TPSA) is 95.9 Å². The monoisotopic (exact) mass is 343 g/mol. The van der Waals surface area contributed by atoms with E-state index in [4.69, 9.17) is 21.4 Å². The van der Waals surface area contributed by atoms with Crippen LogP contribution in [0.1, 0.15) is 40.2 Å². The van der Waals surface area contributed by atoms with E-state index in [-0.39, 0.29) is 0 Å². The summed E-state index contributed by atoms with van der Waals surface area (Å²) < 4.78 is 5.16. The van der Waals surface area contributed by atoms with E-state index in [2.05, 4.69) is 5.32 Å². The van der Waals surface area contributed by atoms with Crippen LogP contribution in [0.2, 0.25) is 5.02 Å². The minimum atomic E-state index is -1.64. The predicted octanol–water partition coefficient (Wildman–Crippen LogP) is 3.41. The second-order valence-electron chi connectivity index (χ2n) is 6.78. The van der Waals surface area contributed by atoms with E-state index in [1.807, 2.05) is 0 Å². The zero-order valence-corrected chi connectivity index (χ0v) is 14.6. The van der Waals surface area contributed by atoms with Gasteiger partial charge in [-0.05, 0) is 44.5 Å². The Hall–Kier alpha value is -1.79. The molecule has 1 rings (SSSR count). The summed E-state index contributed by atoms with van der Waals surface area (Å²) in [5.41, 5.74) is -0.987. The van der Waals surface area contributed by atoms with Crippen LogP contribution in [-0.4, -0.2) is 34.0 Å². The molecule has 0 radical (unpaired) electrons. The molecule has 1 atom stereocenters. The summed E-state index contributed by atoms with van der Waals surface area (Å²) in [5.74, 6) is -1.35. The first-order chi connectivity index (χ1) is 10.3. The van der Waals surface area contributed by atoms with Crippen molar-refractivity contribution >= 4 is 29.4 Å². The van der Waals surface area contributed by atoms with Crippen LogP contribution in [0, 0.1) is 0 Å². The van der Waals surface area contributed by atoms with Gasteiger partial charge >= 0.3 is 12.1 Å². The fraction of sp³-hybridized carbons (Fsp3) is 0.500. The molecule has 0 saturated carbocycles. The number of hydrogen-bond acceptors (Lipinski definition) is 4. The summed E-state index contributed by atoms with van der Waals surface area (Å²) in [7, 11) is 0. The quantitative estimate of drug-likeness (QED) is 0.778. The number of anilines is 1. The number of amides is 1. The third kappa shape index (κ3) is 5.11. The molecule has 0 fully saturated rings. The number of carboxylic acids is 1. The van der Waals surface area contributed by atoms with Crippen LogP contribution in [0.15, 0.2) is 18.2 Å². The molecule has 0 aliphatic carbocycles. The molecule has 128 valence electrons. The lowest BCUT2D eigenvalue weighted by molar-refractivity contribution is -0.150. The normalized spacial score (nSPS) is 13.3. The van der Waals surface area contributed by atoms with E-state index in [0.717, 1.165) is 0 Å². The second-order valence-corrected chi connectivity index (χ2v) is 7.19. The molecule has 0 bridgehead atoms. The van der Waals surface area contributed by atoms with Gasteiger partial charge in [-0.15, -0.1) is 0 Å². The minimum Gasteiger partial charge on any atom is -0.479 e. The van der Waals surface area contributed by atoms with Gasteiger partial charge in [-0.2, -0.15) is 0 Å². The number of carboxylic acid groups (broad SMARTS) is 1. The molecular weight excluding hydrogens is 322 g/mol. The summed E-state index contributed by atoms with van der Waals surface area (Å²) in [6.07, 6.45) is -2.28. The van der Waals surface area contributed by atoms with Gasteiger partial charge in [0.15, 0.2) is 6.10 Å². The van der Waals surface area contributed by atoms with Gasteiger partial charge in [0.1, 0.15) is 5.60 Å². The Balaban J connectivity index is 3.09. The Morgan fingerprint density at radius 2 is 1.78 bits per heavy atom. The number of carbonyl (C=O) groups is 2. The first-order valence-electron chi connectivity index (χ1n) is 7.05. The Morgan fingerprint density at radius 1 is 1.22 bits per heavy atom. The fourth-order valence-corrected chi connectivity index (χ4v) is 2.34. The smallest absolute Gasteiger partial charge is 0.412 e. The van der Waals surface area contributed by atoms with Gasteiger partial charge in [0.25, 0.3) is 0 Å². The van der Waals surface area contributed by atoms with Gasteiger partial charge in [0, 0.05) is 16.1 Å². The molecule has 0 heterocycles. The highest BCUT2D eigenvalue weighted by molar-refractivity contribution is 6.31. The highest BCUT2D eigenvalue weighted by Gasteiger charge is 2.37. The van der Waals surface area contributed by atoms with Crippen molar-refractivity contribution in [3.63, 3.8) is 0 Å². The molecule has 23 heavy (non-hydrogen) atoms. The number of benzene rings is 1. The van der Waals surface area contributed by atoms with E-state index < -0.39 is 29.2 Å². The van der Waals surface area contributed by atoms with E-state index in [1.54, 1.807) is 40.7 Å². The molecule has 0 spiro atoms. The van der Waals surface area contributed by atoms with Crippen LogP contribution in [0.3, 0.4) is 0 Å². The van der Waals surface area contributed by atoms with Crippen LogP contribution >= 0.6 is 11.6 Å². The number of nitrogens with one attached hydrogen (secondary N) is 1. The van der Waals surface area contributed by atoms with Crippen LogP contribution in [-0.2, 0) is 14.9 Å². The molecule has 0 aliphatic heterocycles. The molecule has 7 heteroatoms. The Bertz CT molecular complexity index is 607. The maximum Gasteiger partial charge on any atom is 0.412 e. The van der Waals surface area contributed by atoms with Crippen molar-refractivity contribution in [2.45, 2.75) is 51.7 Å². The lowest BCUT2D eigenvalue weighted by atomic mass is 9.79. The third-order valence-corrected chi connectivity index (χ3v) is 3.55. The highest BCUT2D eigenvalue weighted by atomic mass is 35.5. The van der Waals surface area contributed by atoms with Crippen LogP contribution in [0.25, 0.3) is 0 Å². The number of carbonyl (C=O) groups excluding carboxylic acids is 1. The standard InChI is InChI=1S/C16H22ClNO5/c1-15(2,3)23-14(22)18-9-6-7-11(17)10(8-9)16(4,5)12(19)13(20)21/h6-8,12,19H,1-5H3,(H,18,22)(H,20,21). The molecule has 0 aliphatic rings. The minimum absolute atomic E-state index is 0.296. The van der Waals surface area contributed by atoms with E-state index in [9.17, 15) is 14.7 Å². The molecule has 6 nitrogen and oxygen atoms in total. The largest absolute Gasteiger partial charge is 0.479 e. The number of aliphatic carboxylic acids is 1. The number of hydrogen-bond donors (Lipinski definition) is 3. The first kappa shape index (κ1) is 19.3. The SMILES string of the molecule is CC(C)(C)OC(=O)Nc1ccc(Cl)c(C(C)(C)C(O)C(=O)O)c1. The Kier molecular flexibility index (Phi) is 5.66. The van der Waals surface area contributed by atoms with Crippen molar-refractivity contribution in [3.05, 3.63) is 28.8 Å².